The average Bonchev–Trinajstić information content (AvgIpc) is 2.70. The van der Waals surface area contributed by atoms with Crippen molar-refractivity contribution in [2.75, 3.05) is 34.2 Å². The lowest BCUT2D eigenvalue weighted by Crippen LogP contribution is -2.44. The summed E-state index contributed by atoms with van der Waals surface area (Å²) in [6, 6.07) is 16.3. The van der Waals surface area contributed by atoms with E-state index in [0.29, 0.717) is 0 Å². The molecule has 164 valence electrons. The summed E-state index contributed by atoms with van der Waals surface area (Å²) >= 11 is 0. The molecule has 0 heterocycles. The van der Waals surface area contributed by atoms with Crippen LogP contribution in [0.3, 0.4) is 0 Å². The normalized spacial score (nSPS) is 11.5. The largest absolute Gasteiger partial charge is 0.356 e. The Kier molecular flexibility index (Phi) is 10.3. The van der Waals surface area contributed by atoms with Crippen LogP contribution in [0.15, 0.2) is 53.5 Å². The maximum atomic E-state index is 12.1. The summed E-state index contributed by atoms with van der Waals surface area (Å²) in [7, 11) is 5.32. The molecule has 0 spiro atoms. The van der Waals surface area contributed by atoms with E-state index in [2.05, 4.69) is 60.7 Å². The van der Waals surface area contributed by atoms with Gasteiger partial charge in [-0.3, -0.25) is 9.79 Å². The second kappa shape index (κ2) is 11.9. The number of benzene rings is 2. The van der Waals surface area contributed by atoms with Gasteiger partial charge < -0.3 is 15.5 Å². The molecule has 0 aliphatic rings. The quantitative estimate of drug-likeness (QED) is 0.329. The molecule has 0 aliphatic heterocycles. The van der Waals surface area contributed by atoms with Crippen molar-refractivity contribution in [3.05, 3.63) is 70.8 Å². The summed E-state index contributed by atoms with van der Waals surface area (Å²) in [6.07, 6.45) is 0.816. The van der Waals surface area contributed by atoms with Gasteiger partial charge in [0, 0.05) is 45.2 Å². The highest BCUT2D eigenvalue weighted by Gasteiger charge is 2.22. The van der Waals surface area contributed by atoms with Gasteiger partial charge in [-0.05, 0) is 42.2 Å². The number of aliphatic imine (C=N–C) groups is 1. The smallest absolute Gasteiger partial charge is 0.253 e. The molecule has 0 unspecified atom stereocenters. The molecular formula is C24H35IN4O. The monoisotopic (exact) mass is 522 g/mol. The van der Waals surface area contributed by atoms with Crippen LogP contribution in [0.1, 0.15) is 40.9 Å². The lowest BCUT2D eigenvalue weighted by molar-refractivity contribution is 0.0827. The van der Waals surface area contributed by atoms with Gasteiger partial charge in [-0.1, -0.05) is 50.2 Å². The fourth-order valence-corrected chi connectivity index (χ4v) is 3.40. The molecule has 5 nitrogen and oxygen atoms in total. The van der Waals surface area contributed by atoms with Crippen LogP contribution in [0.2, 0.25) is 0 Å². The average molecular weight is 522 g/mol. The SMILES string of the molecule is CN=C(NCCc1cccc(C(=O)N(C)C)c1)NCC(C)(C)c1ccccc1C.I. The number of rotatable bonds is 7. The predicted molar refractivity (Wildman–Crippen MR) is 137 cm³/mol. The zero-order chi connectivity index (χ0) is 21.4. The Morgan fingerprint density at radius 2 is 1.77 bits per heavy atom. The summed E-state index contributed by atoms with van der Waals surface area (Å²) in [4.78, 5) is 18.1. The molecule has 0 aliphatic carbocycles. The maximum absolute atomic E-state index is 12.1. The van der Waals surface area contributed by atoms with Crippen LogP contribution in [-0.4, -0.2) is 51.0 Å². The van der Waals surface area contributed by atoms with E-state index in [1.54, 1.807) is 26.0 Å². The highest BCUT2D eigenvalue weighted by Crippen LogP contribution is 2.25. The fourth-order valence-electron chi connectivity index (χ4n) is 3.40. The Labute approximate surface area is 198 Å². The van der Waals surface area contributed by atoms with Gasteiger partial charge in [0.25, 0.3) is 5.91 Å². The van der Waals surface area contributed by atoms with Gasteiger partial charge in [0.15, 0.2) is 5.96 Å². The Morgan fingerprint density at radius 1 is 1.07 bits per heavy atom. The van der Waals surface area contributed by atoms with Crippen molar-refractivity contribution >= 4 is 35.8 Å². The number of hydrogen-bond donors (Lipinski definition) is 2. The van der Waals surface area contributed by atoms with Gasteiger partial charge in [-0.2, -0.15) is 0 Å². The van der Waals surface area contributed by atoms with Crippen LogP contribution in [0.25, 0.3) is 0 Å². The second-order valence-electron chi connectivity index (χ2n) is 8.20. The van der Waals surface area contributed by atoms with Crippen LogP contribution >= 0.6 is 24.0 Å². The number of nitrogens with zero attached hydrogens (tertiary/aromatic N) is 2. The Bertz CT molecular complexity index is 862. The zero-order valence-corrected chi connectivity index (χ0v) is 21.3. The lowest BCUT2D eigenvalue weighted by atomic mass is 9.82. The third-order valence-electron chi connectivity index (χ3n) is 5.08. The molecule has 0 atom stereocenters. The number of carbonyl (C=O) groups excluding carboxylic acids is 1. The molecule has 0 radical (unpaired) electrons. The highest BCUT2D eigenvalue weighted by molar-refractivity contribution is 14.0. The Morgan fingerprint density at radius 3 is 2.40 bits per heavy atom. The molecule has 2 N–H and O–H groups in total. The molecule has 0 fully saturated rings. The highest BCUT2D eigenvalue weighted by atomic mass is 127. The van der Waals surface area contributed by atoms with Crippen LogP contribution in [-0.2, 0) is 11.8 Å². The summed E-state index contributed by atoms with van der Waals surface area (Å²) in [5.41, 5.74) is 4.47. The number of halogens is 1. The molecule has 30 heavy (non-hydrogen) atoms. The molecule has 1 amide bonds. The second-order valence-corrected chi connectivity index (χ2v) is 8.20. The molecular weight excluding hydrogens is 487 g/mol. The molecule has 0 aromatic heterocycles. The number of guanidine groups is 1. The molecule has 0 bridgehead atoms. The fraction of sp³-hybridized carbons (Fsp3) is 0.417. The molecule has 2 rings (SSSR count). The first-order chi connectivity index (χ1) is 13.7. The summed E-state index contributed by atoms with van der Waals surface area (Å²) in [6.45, 7) is 8.15. The number of nitrogens with one attached hydrogen (secondary N) is 2. The van der Waals surface area contributed by atoms with Crippen LogP contribution < -0.4 is 10.6 Å². The Balaban J connectivity index is 0.00000450. The van der Waals surface area contributed by atoms with Gasteiger partial charge in [0.05, 0.1) is 0 Å². The van der Waals surface area contributed by atoms with E-state index in [1.807, 2.05) is 24.3 Å². The van der Waals surface area contributed by atoms with Gasteiger partial charge in [0.2, 0.25) is 0 Å². The molecule has 6 heteroatoms. The van der Waals surface area contributed by atoms with Gasteiger partial charge in [0.1, 0.15) is 0 Å². The van der Waals surface area contributed by atoms with E-state index in [0.717, 1.165) is 36.6 Å². The molecule has 2 aromatic rings. The van der Waals surface area contributed by atoms with Gasteiger partial charge in [-0.25, -0.2) is 0 Å². The third-order valence-corrected chi connectivity index (χ3v) is 5.08. The number of carbonyl (C=O) groups is 1. The predicted octanol–water partition coefficient (Wildman–Crippen LogP) is 4.00. The van der Waals surface area contributed by atoms with Crippen LogP contribution in [0, 0.1) is 6.92 Å². The topological polar surface area (TPSA) is 56.7 Å². The van der Waals surface area contributed by atoms with Crippen molar-refractivity contribution in [2.45, 2.75) is 32.6 Å². The zero-order valence-electron chi connectivity index (χ0n) is 19.0. The van der Waals surface area contributed by atoms with Gasteiger partial charge in [-0.15, -0.1) is 24.0 Å². The van der Waals surface area contributed by atoms with E-state index in [1.165, 1.54) is 11.1 Å². The minimum absolute atomic E-state index is 0. The van der Waals surface area contributed by atoms with Crippen LogP contribution in [0.4, 0.5) is 0 Å². The Hall–Kier alpha value is -2.09. The lowest BCUT2D eigenvalue weighted by Gasteiger charge is -2.28. The van der Waals surface area contributed by atoms with Crippen LogP contribution in [0.5, 0.6) is 0 Å². The summed E-state index contributed by atoms with van der Waals surface area (Å²) in [5.74, 6) is 0.808. The first kappa shape index (κ1) is 25.9. The van der Waals surface area contributed by atoms with E-state index in [-0.39, 0.29) is 35.3 Å². The molecule has 0 saturated carbocycles. The minimum atomic E-state index is -0.0101. The molecule has 2 aromatic carbocycles. The minimum Gasteiger partial charge on any atom is -0.356 e. The number of aryl methyl sites for hydroxylation is 1. The van der Waals surface area contributed by atoms with Crippen molar-refractivity contribution in [3.63, 3.8) is 0 Å². The first-order valence-corrected chi connectivity index (χ1v) is 10.1. The van der Waals surface area contributed by atoms with E-state index in [4.69, 9.17) is 0 Å². The van der Waals surface area contributed by atoms with Crippen molar-refractivity contribution in [2.24, 2.45) is 4.99 Å². The van der Waals surface area contributed by atoms with E-state index < -0.39 is 0 Å². The van der Waals surface area contributed by atoms with E-state index in [9.17, 15) is 4.79 Å². The summed E-state index contributed by atoms with van der Waals surface area (Å²) < 4.78 is 0. The van der Waals surface area contributed by atoms with Crippen molar-refractivity contribution in [3.8, 4) is 0 Å². The van der Waals surface area contributed by atoms with Crippen molar-refractivity contribution < 1.29 is 4.79 Å². The standard InChI is InChI=1S/C24H34N4O.HI/c1-18-10-7-8-13-21(18)24(2,3)17-27-23(25-4)26-15-14-19-11-9-12-20(16-19)22(29)28(5)6;/h7-13,16H,14-15,17H2,1-6H3,(H2,25,26,27);1H. The number of amides is 1. The van der Waals surface area contributed by atoms with Crippen molar-refractivity contribution in [1.82, 2.24) is 15.5 Å². The maximum Gasteiger partial charge on any atom is 0.253 e. The summed E-state index contributed by atoms with van der Waals surface area (Å²) in [5, 5.41) is 6.82. The van der Waals surface area contributed by atoms with Crippen molar-refractivity contribution in [1.29, 1.82) is 0 Å². The first-order valence-electron chi connectivity index (χ1n) is 10.1. The molecule has 0 saturated heterocycles. The van der Waals surface area contributed by atoms with Gasteiger partial charge >= 0.3 is 0 Å². The number of hydrogen-bond acceptors (Lipinski definition) is 2. The third kappa shape index (κ3) is 7.31. The van der Waals surface area contributed by atoms with E-state index >= 15 is 0 Å².